The molecule has 0 bridgehead atoms. The third kappa shape index (κ3) is 5.01. The van der Waals surface area contributed by atoms with E-state index in [1.807, 2.05) is 20.8 Å². The van der Waals surface area contributed by atoms with E-state index in [-0.39, 0.29) is 32.3 Å². The van der Waals surface area contributed by atoms with Gasteiger partial charge in [0.2, 0.25) is 0 Å². The Bertz CT molecular complexity index is 1200. The topological polar surface area (TPSA) is 76.1 Å². The molecule has 0 aliphatic carbocycles. The zero-order valence-corrected chi connectivity index (χ0v) is 18.9. The smallest absolute Gasteiger partial charge is 0.261 e. The number of ketones is 1. The Balaban J connectivity index is 1.97. The highest BCUT2D eigenvalue weighted by molar-refractivity contribution is 7.92. The number of aromatic nitrogens is 1. The summed E-state index contributed by atoms with van der Waals surface area (Å²) in [6.07, 6.45) is 1.40. The minimum absolute atomic E-state index is 0.0933. The second-order valence-corrected chi connectivity index (χ2v) is 10.3. The fourth-order valence-corrected chi connectivity index (χ4v) is 4.26. The summed E-state index contributed by atoms with van der Waals surface area (Å²) in [4.78, 5) is 16.9. The molecule has 1 aromatic heterocycles. The summed E-state index contributed by atoms with van der Waals surface area (Å²) in [6, 6.07) is 13.9. The fraction of sp³-hybridized carbons (Fsp3) is 0.182. The van der Waals surface area contributed by atoms with Crippen LogP contribution in [0.15, 0.2) is 65.7 Å². The molecule has 0 radical (unpaired) electrons. The Morgan fingerprint density at radius 2 is 1.63 bits per heavy atom. The van der Waals surface area contributed by atoms with Crippen LogP contribution in [0.25, 0.3) is 0 Å². The lowest BCUT2D eigenvalue weighted by atomic mass is 9.87. The number of pyridine rings is 1. The van der Waals surface area contributed by atoms with Crippen LogP contribution in [0.5, 0.6) is 0 Å². The molecule has 0 spiro atoms. The van der Waals surface area contributed by atoms with Crippen LogP contribution in [0, 0.1) is 0 Å². The first-order valence-electron chi connectivity index (χ1n) is 9.06. The maximum atomic E-state index is 13.0. The Hall–Kier alpha value is -2.41. The molecule has 3 rings (SSSR count). The van der Waals surface area contributed by atoms with Gasteiger partial charge in [-0.15, -0.1) is 0 Å². The number of nitrogens with zero attached hydrogens (tertiary/aromatic N) is 1. The molecular formula is C22H20Cl2N2O3S. The van der Waals surface area contributed by atoms with Crippen LogP contribution in [0.2, 0.25) is 10.2 Å². The second kappa shape index (κ2) is 8.38. The third-order valence-electron chi connectivity index (χ3n) is 4.49. The molecule has 1 N–H and O–H groups in total. The SMILES string of the molecule is CC(C)(C)c1ccc(S(=O)(=O)Nc2ccc(Cl)cc2C(=O)c2ccnc(Cl)c2)cc1. The molecule has 0 fully saturated rings. The van der Waals surface area contributed by atoms with Crippen LogP contribution in [0.3, 0.4) is 0 Å². The number of rotatable bonds is 5. The van der Waals surface area contributed by atoms with E-state index in [1.54, 1.807) is 24.3 Å². The number of hydrogen-bond acceptors (Lipinski definition) is 4. The van der Waals surface area contributed by atoms with Gasteiger partial charge >= 0.3 is 0 Å². The minimum Gasteiger partial charge on any atom is -0.289 e. The lowest BCUT2D eigenvalue weighted by Gasteiger charge is -2.19. The van der Waals surface area contributed by atoms with Gasteiger partial charge in [-0.2, -0.15) is 0 Å². The highest BCUT2D eigenvalue weighted by Crippen LogP contribution is 2.28. The molecule has 0 saturated heterocycles. The average Bonchev–Trinajstić information content (AvgIpc) is 2.68. The van der Waals surface area contributed by atoms with E-state index in [0.717, 1.165) is 5.56 Å². The molecule has 8 heteroatoms. The number of sulfonamides is 1. The molecule has 0 saturated carbocycles. The highest BCUT2D eigenvalue weighted by atomic mass is 35.5. The molecule has 0 amide bonds. The lowest BCUT2D eigenvalue weighted by molar-refractivity contribution is 0.103. The van der Waals surface area contributed by atoms with E-state index < -0.39 is 15.8 Å². The number of benzene rings is 2. The Labute approximate surface area is 186 Å². The van der Waals surface area contributed by atoms with Crippen LogP contribution in [0.4, 0.5) is 5.69 Å². The van der Waals surface area contributed by atoms with Crippen LogP contribution in [-0.2, 0) is 15.4 Å². The first-order chi connectivity index (χ1) is 14.0. The van der Waals surface area contributed by atoms with Crippen LogP contribution >= 0.6 is 23.2 Å². The van der Waals surface area contributed by atoms with E-state index >= 15 is 0 Å². The van der Waals surface area contributed by atoms with Crippen LogP contribution in [0.1, 0.15) is 42.3 Å². The maximum absolute atomic E-state index is 13.0. The monoisotopic (exact) mass is 462 g/mol. The van der Waals surface area contributed by atoms with Crippen molar-refractivity contribution in [2.45, 2.75) is 31.1 Å². The van der Waals surface area contributed by atoms with E-state index in [1.165, 1.54) is 36.5 Å². The van der Waals surface area contributed by atoms with Crippen molar-refractivity contribution in [1.82, 2.24) is 4.98 Å². The molecule has 2 aromatic carbocycles. The van der Waals surface area contributed by atoms with Gasteiger partial charge < -0.3 is 0 Å². The van der Waals surface area contributed by atoms with E-state index in [2.05, 4.69) is 9.71 Å². The molecule has 0 aliphatic heterocycles. The second-order valence-electron chi connectivity index (χ2n) is 7.77. The molecule has 1 heterocycles. The van der Waals surface area contributed by atoms with Crippen molar-refractivity contribution >= 4 is 44.7 Å². The van der Waals surface area contributed by atoms with Gasteiger partial charge in [0.25, 0.3) is 10.0 Å². The number of halogens is 2. The van der Waals surface area contributed by atoms with E-state index in [9.17, 15) is 13.2 Å². The maximum Gasteiger partial charge on any atom is 0.261 e. The van der Waals surface area contributed by atoms with Crippen LogP contribution in [-0.4, -0.2) is 19.2 Å². The number of hydrogen-bond donors (Lipinski definition) is 1. The van der Waals surface area contributed by atoms with Crippen molar-refractivity contribution in [2.24, 2.45) is 0 Å². The van der Waals surface area contributed by atoms with Crippen molar-refractivity contribution < 1.29 is 13.2 Å². The standard InChI is InChI=1S/C22H20Cl2N2O3S/c1-22(2,3)15-4-7-17(8-5-15)30(28,29)26-19-9-6-16(23)13-18(19)21(27)14-10-11-25-20(24)12-14/h4-13,26H,1-3H3. The predicted molar refractivity (Wildman–Crippen MR) is 120 cm³/mol. The summed E-state index contributed by atoms with van der Waals surface area (Å²) in [5, 5.41) is 0.458. The number of carbonyl (C=O) groups is 1. The first-order valence-corrected chi connectivity index (χ1v) is 11.3. The molecular weight excluding hydrogens is 443 g/mol. The van der Waals surface area contributed by atoms with Gasteiger partial charge in [-0.25, -0.2) is 13.4 Å². The quantitative estimate of drug-likeness (QED) is 0.388. The fourth-order valence-electron chi connectivity index (χ4n) is 2.83. The van der Waals surface area contributed by atoms with Gasteiger partial charge in [-0.05, 0) is 53.4 Å². The zero-order chi connectivity index (χ0) is 22.1. The molecule has 156 valence electrons. The van der Waals surface area contributed by atoms with Gasteiger partial charge in [0.05, 0.1) is 10.6 Å². The van der Waals surface area contributed by atoms with Crippen molar-refractivity contribution in [3.8, 4) is 0 Å². The van der Waals surface area contributed by atoms with Crippen molar-refractivity contribution in [1.29, 1.82) is 0 Å². The molecule has 30 heavy (non-hydrogen) atoms. The lowest BCUT2D eigenvalue weighted by Crippen LogP contribution is -2.17. The molecule has 0 unspecified atom stereocenters. The van der Waals surface area contributed by atoms with Gasteiger partial charge in [0.15, 0.2) is 5.78 Å². The Morgan fingerprint density at radius 1 is 0.967 bits per heavy atom. The largest absolute Gasteiger partial charge is 0.289 e. The van der Waals surface area contributed by atoms with Gasteiger partial charge in [0, 0.05) is 22.3 Å². The predicted octanol–water partition coefficient (Wildman–Crippen LogP) is 5.72. The van der Waals surface area contributed by atoms with Crippen molar-refractivity contribution in [3.05, 3.63) is 87.7 Å². The van der Waals surface area contributed by atoms with Crippen molar-refractivity contribution in [2.75, 3.05) is 4.72 Å². The van der Waals surface area contributed by atoms with E-state index in [0.29, 0.717) is 5.02 Å². The Morgan fingerprint density at radius 3 is 2.23 bits per heavy atom. The summed E-state index contributed by atoms with van der Waals surface area (Å²) in [7, 11) is -3.92. The van der Waals surface area contributed by atoms with Gasteiger partial charge in [0.1, 0.15) is 5.15 Å². The molecule has 0 atom stereocenters. The summed E-state index contributed by atoms with van der Waals surface area (Å²) >= 11 is 11.9. The van der Waals surface area contributed by atoms with Crippen molar-refractivity contribution in [3.63, 3.8) is 0 Å². The van der Waals surface area contributed by atoms with Crippen LogP contribution < -0.4 is 4.72 Å². The normalized spacial score (nSPS) is 11.9. The third-order valence-corrected chi connectivity index (χ3v) is 6.31. The number of nitrogens with one attached hydrogen (secondary N) is 1. The minimum atomic E-state index is -3.92. The summed E-state index contributed by atoms with van der Waals surface area (Å²) in [5.41, 5.74) is 1.42. The molecule has 0 aliphatic rings. The Kier molecular flexibility index (Phi) is 6.22. The molecule has 3 aromatic rings. The zero-order valence-electron chi connectivity index (χ0n) is 16.6. The number of anilines is 1. The summed E-state index contributed by atoms with van der Waals surface area (Å²) < 4.78 is 28.4. The van der Waals surface area contributed by atoms with Gasteiger partial charge in [-0.1, -0.05) is 56.1 Å². The molecule has 5 nitrogen and oxygen atoms in total. The highest BCUT2D eigenvalue weighted by Gasteiger charge is 2.21. The first kappa shape index (κ1) is 22.3. The van der Waals surface area contributed by atoms with E-state index in [4.69, 9.17) is 23.2 Å². The summed E-state index contributed by atoms with van der Waals surface area (Å²) in [6.45, 7) is 6.14. The summed E-state index contributed by atoms with van der Waals surface area (Å²) in [5.74, 6) is -0.428. The average molecular weight is 463 g/mol. The van der Waals surface area contributed by atoms with Gasteiger partial charge in [-0.3, -0.25) is 9.52 Å². The number of carbonyl (C=O) groups excluding carboxylic acids is 1.